The molecular weight excluding hydrogens is 504 g/mol. The average Bonchev–Trinajstić information content (AvgIpc) is 3.12. The van der Waals surface area contributed by atoms with E-state index in [-0.39, 0.29) is 19.4 Å². The number of esters is 2. The van der Waals surface area contributed by atoms with E-state index in [1.165, 1.54) is 4.90 Å². The summed E-state index contributed by atoms with van der Waals surface area (Å²) in [5.41, 5.74) is -1.26. The van der Waals surface area contributed by atoms with Gasteiger partial charge in [0, 0.05) is 5.41 Å². The van der Waals surface area contributed by atoms with Gasteiger partial charge in [-0.2, -0.15) is 0 Å². The first-order chi connectivity index (χ1) is 17.9. The molecule has 39 heavy (non-hydrogen) atoms. The van der Waals surface area contributed by atoms with E-state index in [4.69, 9.17) is 18.9 Å². The van der Waals surface area contributed by atoms with E-state index in [2.05, 4.69) is 5.32 Å². The van der Waals surface area contributed by atoms with Crippen LogP contribution < -0.4 is 5.32 Å². The van der Waals surface area contributed by atoms with Crippen molar-refractivity contribution in [1.82, 2.24) is 10.2 Å². The van der Waals surface area contributed by atoms with Gasteiger partial charge in [0.25, 0.3) is 0 Å². The Morgan fingerprint density at radius 1 is 0.949 bits per heavy atom. The Kier molecular flexibility index (Phi) is 10.4. The summed E-state index contributed by atoms with van der Waals surface area (Å²) in [6.45, 7) is 16.0. The third-order valence-electron chi connectivity index (χ3n) is 5.60. The number of alkyl carbamates (subject to hydrolysis) is 1. The van der Waals surface area contributed by atoms with Crippen LogP contribution >= 0.6 is 0 Å². The highest BCUT2D eigenvalue weighted by Crippen LogP contribution is 2.35. The van der Waals surface area contributed by atoms with Crippen molar-refractivity contribution in [3.63, 3.8) is 0 Å². The van der Waals surface area contributed by atoms with Crippen molar-refractivity contribution >= 4 is 24.1 Å². The SMILES string of the molecule is CC(C)(C)OC(=O)N[C@@H](CCC[C@H]1C(=O)O[C@@H](C(C)(C)C)N1C(=O)OCc1ccccc1)C(=O)OC(C)(C)C. The lowest BCUT2D eigenvalue weighted by atomic mass is 9.93. The van der Waals surface area contributed by atoms with Crippen LogP contribution in [0.3, 0.4) is 0 Å². The molecule has 0 spiro atoms. The zero-order chi connectivity index (χ0) is 29.6. The van der Waals surface area contributed by atoms with Crippen LogP contribution in [0.5, 0.6) is 0 Å². The second-order valence-electron chi connectivity index (χ2n) is 12.8. The Bertz CT molecular complexity index is 1000. The Hall–Kier alpha value is -3.30. The topological polar surface area (TPSA) is 120 Å². The number of cyclic esters (lactones) is 1. The highest BCUT2D eigenvalue weighted by Gasteiger charge is 2.50. The number of hydrogen-bond donors (Lipinski definition) is 1. The molecule has 1 N–H and O–H groups in total. The summed E-state index contributed by atoms with van der Waals surface area (Å²) in [5, 5.41) is 2.58. The highest BCUT2D eigenvalue weighted by atomic mass is 16.6. The van der Waals surface area contributed by atoms with Crippen LogP contribution in [0.2, 0.25) is 0 Å². The minimum absolute atomic E-state index is 0.0501. The van der Waals surface area contributed by atoms with Crippen molar-refractivity contribution in [2.75, 3.05) is 0 Å². The fourth-order valence-corrected chi connectivity index (χ4v) is 3.98. The number of benzene rings is 1. The van der Waals surface area contributed by atoms with Gasteiger partial charge in [-0.05, 0) is 66.4 Å². The van der Waals surface area contributed by atoms with E-state index >= 15 is 0 Å². The van der Waals surface area contributed by atoms with Gasteiger partial charge in [0.05, 0.1) is 0 Å². The fraction of sp³-hybridized carbons (Fsp3) is 0.655. The largest absolute Gasteiger partial charge is 0.458 e. The molecule has 0 aromatic heterocycles. The number of carbonyl (C=O) groups is 4. The van der Waals surface area contributed by atoms with Crippen LogP contribution in [0.25, 0.3) is 0 Å². The van der Waals surface area contributed by atoms with Crippen molar-refractivity contribution in [3.8, 4) is 0 Å². The quantitative estimate of drug-likeness (QED) is 0.342. The number of ether oxygens (including phenoxy) is 4. The molecule has 218 valence electrons. The van der Waals surface area contributed by atoms with Gasteiger partial charge in [0.2, 0.25) is 0 Å². The third kappa shape index (κ3) is 10.4. The maximum atomic E-state index is 13.2. The third-order valence-corrected chi connectivity index (χ3v) is 5.60. The monoisotopic (exact) mass is 548 g/mol. The first kappa shape index (κ1) is 31.9. The summed E-state index contributed by atoms with van der Waals surface area (Å²) in [7, 11) is 0. The van der Waals surface area contributed by atoms with Crippen LogP contribution in [0, 0.1) is 5.41 Å². The molecule has 1 aliphatic rings. The van der Waals surface area contributed by atoms with Crippen molar-refractivity contribution in [2.45, 2.75) is 118 Å². The molecule has 1 fully saturated rings. The first-order valence-corrected chi connectivity index (χ1v) is 13.3. The average molecular weight is 549 g/mol. The van der Waals surface area contributed by atoms with Crippen LogP contribution in [0.4, 0.5) is 9.59 Å². The summed E-state index contributed by atoms with van der Waals surface area (Å²) in [6.07, 6.45) is -1.58. The van der Waals surface area contributed by atoms with Gasteiger partial charge in [0.1, 0.15) is 29.9 Å². The smallest absolute Gasteiger partial charge is 0.413 e. The van der Waals surface area contributed by atoms with Crippen molar-refractivity contribution < 1.29 is 38.1 Å². The van der Waals surface area contributed by atoms with Gasteiger partial charge >= 0.3 is 24.1 Å². The lowest BCUT2D eigenvalue weighted by Crippen LogP contribution is -2.48. The number of amides is 2. The highest BCUT2D eigenvalue weighted by molar-refractivity contribution is 5.85. The van der Waals surface area contributed by atoms with Crippen LogP contribution in [0.1, 0.15) is 87.1 Å². The van der Waals surface area contributed by atoms with Gasteiger partial charge in [-0.3, -0.25) is 4.90 Å². The van der Waals surface area contributed by atoms with E-state index in [1.807, 2.05) is 51.1 Å². The van der Waals surface area contributed by atoms with Gasteiger partial charge in [-0.25, -0.2) is 19.2 Å². The molecule has 1 aliphatic heterocycles. The van der Waals surface area contributed by atoms with Gasteiger partial charge in [0.15, 0.2) is 6.23 Å². The lowest BCUT2D eigenvalue weighted by Gasteiger charge is -2.33. The molecular formula is C29H44N2O8. The molecule has 0 unspecified atom stereocenters. The zero-order valence-electron chi connectivity index (χ0n) is 24.7. The van der Waals surface area contributed by atoms with E-state index in [1.54, 1.807) is 41.5 Å². The Balaban J connectivity index is 2.14. The van der Waals surface area contributed by atoms with E-state index < -0.39 is 59.1 Å². The van der Waals surface area contributed by atoms with Crippen molar-refractivity contribution in [2.24, 2.45) is 5.41 Å². The van der Waals surface area contributed by atoms with Crippen LogP contribution in [-0.4, -0.2) is 58.5 Å². The number of carbonyl (C=O) groups excluding carboxylic acids is 4. The predicted molar refractivity (Wildman–Crippen MR) is 144 cm³/mol. The molecule has 1 aromatic carbocycles. The second-order valence-corrected chi connectivity index (χ2v) is 12.8. The lowest BCUT2D eigenvalue weighted by molar-refractivity contribution is -0.157. The maximum absolute atomic E-state index is 13.2. The van der Waals surface area contributed by atoms with E-state index in [0.29, 0.717) is 6.42 Å². The predicted octanol–water partition coefficient (Wildman–Crippen LogP) is 5.33. The molecule has 1 saturated heterocycles. The Morgan fingerprint density at radius 3 is 2.08 bits per heavy atom. The summed E-state index contributed by atoms with van der Waals surface area (Å²) in [5.74, 6) is -1.16. The minimum atomic E-state index is -1.01. The molecule has 0 saturated carbocycles. The summed E-state index contributed by atoms with van der Waals surface area (Å²) in [4.78, 5) is 52.7. The Labute approximate surface area is 231 Å². The van der Waals surface area contributed by atoms with Crippen LogP contribution in [-0.2, 0) is 35.1 Å². The molecule has 0 bridgehead atoms. The van der Waals surface area contributed by atoms with E-state index in [9.17, 15) is 19.2 Å². The molecule has 1 heterocycles. The second kappa shape index (κ2) is 12.7. The summed E-state index contributed by atoms with van der Waals surface area (Å²) in [6, 6.07) is 7.33. The molecule has 0 radical (unpaired) electrons. The Morgan fingerprint density at radius 2 is 1.54 bits per heavy atom. The van der Waals surface area contributed by atoms with Gasteiger partial charge in [-0.1, -0.05) is 51.1 Å². The number of nitrogens with one attached hydrogen (secondary N) is 1. The standard InChI is InChI=1S/C29H44N2O8/c1-27(2,3)24-31(26(35)36-18-19-14-11-10-12-15-19)21(23(33)37-24)17-13-16-20(22(32)38-28(4,5)6)30-25(34)39-29(7,8)9/h10-12,14-15,20-21,24H,13,16-18H2,1-9H3,(H,30,34)/t20-,21-,24-/m0/s1. The number of rotatable bonds is 8. The molecule has 2 amide bonds. The van der Waals surface area contributed by atoms with Gasteiger partial charge in [-0.15, -0.1) is 0 Å². The van der Waals surface area contributed by atoms with Crippen LogP contribution in [0.15, 0.2) is 30.3 Å². The maximum Gasteiger partial charge on any atom is 0.413 e. The summed E-state index contributed by atoms with van der Waals surface area (Å²) < 4.78 is 22.0. The molecule has 2 rings (SSSR count). The molecule has 3 atom stereocenters. The number of nitrogens with zero attached hydrogens (tertiary/aromatic N) is 1. The van der Waals surface area contributed by atoms with Crippen molar-refractivity contribution in [3.05, 3.63) is 35.9 Å². The molecule has 10 heteroatoms. The normalized spacial score (nSPS) is 18.7. The van der Waals surface area contributed by atoms with E-state index in [0.717, 1.165) is 5.56 Å². The minimum Gasteiger partial charge on any atom is -0.458 e. The first-order valence-electron chi connectivity index (χ1n) is 13.3. The zero-order valence-corrected chi connectivity index (χ0v) is 24.7. The number of hydrogen-bond acceptors (Lipinski definition) is 8. The molecule has 1 aromatic rings. The van der Waals surface area contributed by atoms with Crippen molar-refractivity contribution in [1.29, 1.82) is 0 Å². The van der Waals surface area contributed by atoms with Gasteiger partial charge < -0.3 is 24.3 Å². The fourth-order valence-electron chi connectivity index (χ4n) is 3.98. The molecule has 0 aliphatic carbocycles. The molecule has 10 nitrogen and oxygen atoms in total. The summed E-state index contributed by atoms with van der Waals surface area (Å²) >= 11 is 0.